The van der Waals surface area contributed by atoms with Crippen LogP contribution in [0.2, 0.25) is 0 Å². The maximum absolute atomic E-state index is 8.69. The van der Waals surface area contributed by atoms with E-state index in [0.717, 1.165) is 30.0 Å². The number of benzene rings is 1. The monoisotopic (exact) mass is 284 g/mol. The van der Waals surface area contributed by atoms with Gasteiger partial charge in [0.1, 0.15) is 0 Å². The highest BCUT2D eigenvalue weighted by Crippen LogP contribution is 2.24. The molecular formula is C15H20N6. The number of hydrogen-bond donors (Lipinski definition) is 1. The molecule has 0 aliphatic heterocycles. The second kappa shape index (κ2) is 6.35. The second-order valence-corrected chi connectivity index (χ2v) is 5.88. The van der Waals surface area contributed by atoms with Crippen LogP contribution >= 0.6 is 0 Å². The van der Waals surface area contributed by atoms with E-state index in [4.69, 9.17) is 5.26 Å². The lowest BCUT2D eigenvalue weighted by molar-refractivity contribution is 0.364. The summed E-state index contributed by atoms with van der Waals surface area (Å²) in [6.07, 6.45) is 1.46. The van der Waals surface area contributed by atoms with E-state index >= 15 is 0 Å². The van der Waals surface area contributed by atoms with Crippen molar-refractivity contribution in [1.29, 1.82) is 5.26 Å². The van der Waals surface area contributed by atoms with Crippen LogP contribution in [0.3, 0.4) is 0 Å². The average Bonchev–Trinajstić information content (AvgIpc) is 2.90. The normalized spacial score (nSPS) is 11.1. The second-order valence-electron chi connectivity index (χ2n) is 5.88. The molecule has 0 saturated carbocycles. The molecule has 1 aromatic heterocycles. The molecule has 0 fully saturated rings. The van der Waals surface area contributed by atoms with E-state index in [1.807, 2.05) is 31.3 Å². The van der Waals surface area contributed by atoms with Crippen LogP contribution in [0, 0.1) is 16.7 Å². The minimum Gasteiger partial charge on any atom is -0.384 e. The van der Waals surface area contributed by atoms with E-state index in [1.165, 1.54) is 0 Å². The predicted molar refractivity (Wildman–Crippen MR) is 81.4 cm³/mol. The quantitative estimate of drug-likeness (QED) is 0.882. The van der Waals surface area contributed by atoms with Crippen molar-refractivity contribution in [3.63, 3.8) is 0 Å². The number of rotatable bonds is 6. The highest BCUT2D eigenvalue weighted by molar-refractivity contribution is 5.62. The smallest absolute Gasteiger partial charge is 0.181 e. The van der Waals surface area contributed by atoms with Gasteiger partial charge < -0.3 is 5.32 Å². The van der Waals surface area contributed by atoms with Gasteiger partial charge >= 0.3 is 0 Å². The molecule has 0 unspecified atom stereocenters. The van der Waals surface area contributed by atoms with Crippen LogP contribution in [0.1, 0.15) is 26.7 Å². The molecule has 0 aliphatic rings. The zero-order chi connectivity index (χ0) is 15.3. The minimum absolute atomic E-state index is 0.0814. The van der Waals surface area contributed by atoms with Crippen molar-refractivity contribution in [2.45, 2.75) is 26.7 Å². The Bertz CT molecular complexity index is 638. The maximum Gasteiger partial charge on any atom is 0.181 e. The van der Waals surface area contributed by atoms with Crippen molar-refractivity contribution >= 4 is 5.69 Å². The number of nitrogens with zero attached hydrogens (tertiary/aromatic N) is 5. The lowest BCUT2D eigenvalue weighted by Gasteiger charge is -2.24. The molecule has 0 aliphatic carbocycles. The third-order valence-electron chi connectivity index (χ3n) is 3.43. The van der Waals surface area contributed by atoms with E-state index in [2.05, 4.69) is 40.8 Å². The summed E-state index contributed by atoms with van der Waals surface area (Å²) in [4.78, 5) is 0. The van der Waals surface area contributed by atoms with Crippen LogP contribution in [0.15, 0.2) is 24.3 Å². The first-order chi connectivity index (χ1) is 10.0. The first-order valence-corrected chi connectivity index (χ1v) is 6.95. The molecule has 110 valence electrons. The number of anilines is 1. The molecule has 1 N–H and O–H groups in total. The standard InChI is InChI=1S/C15H20N6/c1-15(2,8-5-9-16)11-17-13-7-4-6-12(10-13)14-18-19-20-21(14)3/h4,6-7,10,17H,5,8,11H2,1-3H3. The van der Waals surface area contributed by atoms with Gasteiger partial charge in [-0.2, -0.15) is 5.26 Å². The SMILES string of the molecule is Cn1nnnc1-c1cccc(NCC(C)(C)CCC#N)c1. The van der Waals surface area contributed by atoms with Crippen molar-refractivity contribution in [1.82, 2.24) is 20.2 Å². The van der Waals surface area contributed by atoms with Gasteiger partial charge in [-0.25, -0.2) is 4.68 Å². The fraction of sp³-hybridized carbons (Fsp3) is 0.467. The highest BCUT2D eigenvalue weighted by atomic mass is 15.5. The summed E-state index contributed by atoms with van der Waals surface area (Å²) in [5.74, 6) is 0.738. The highest BCUT2D eigenvalue weighted by Gasteiger charge is 2.17. The van der Waals surface area contributed by atoms with Gasteiger partial charge in [-0.05, 0) is 34.4 Å². The van der Waals surface area contributed by atoms with Crippen molar-refractivity contribution in [3.05, 3.63) is 24.3 Å². The molecule has 21 heavy (non-hydrogen) atoms. The summed E-state index contributed by atoms with van der Waals surface area (Å²) in [6.45, 7) is 5.14. The van der Waals surface area contributed by atoms with Crippen molar-refractivity contribution in [3.8, 4) is 17.5 Å². The predicted octanol–water partition coefficient (Wildman–Crippen LogP) is 2.62. The lowest BCUT2D eigenvalue weighted by Crippen LogP contribution is -2.22. The molecule has 0 amide bonds. The number of aromatic nitrogens is 4. The van der Waals surface area contributed by atoms with Crippen LogP contribution in [0.5, 0.6) is 0 Å². The number of nitriles is 1. The zero-order valence-electron chi connectivity index (χ0n) is 12.7. The summed E-state index contributed by atoms with van der Waals surface area (Å²) in [5, 5.41) is 23.6. The Labute approximate surface area is 124 Å². The summed E-state index contributed by atoms with van der Waals surface area (Å²) in [6, 6.07) is 10.2. The van der Waals surface area contributed by atoms with E-state index in [9.17, 15) is 0 Å². The van der Waals surface area contributed by atoms with Crippen LogP contribution < -0.4 is 5.32 Å². The Morgan fingerprint density at radius 1 is 1.38 bits per heavy atom. The molecule has 0 spiro atoms. The van der Waals surface area contributed by atoms with Gasteiger partial charge in [0.2, 0.25) is 0 Å². The molecular weight excluding hydrogens is 264 g/mol. The van der Waals surface area contributed by atoms with Gasteiger partial charge in [0, 0.05) is 31.3 Å². The van der Waals surface area contributed by atoms with Crippen LogP contribution in [0.4, 0.5) is 5.69 Å². The topological polar surface area (TPSA) is 79.4 Å². The molecule has 0 saturated heterocycles. The van der Waals surface area contributed by atoms with E-state index in [1.54, 1.807) is 4.68 Å². The minimum atomic E-state index is 0.0814. The Balaban J connectivity index is 2.06. The summed E-state index contributed by atoms with van der Waals surface area (Å²) in [5.41, 5.74) is 2.08. The van der Waals surface area contributed by atoms with Crippen molar-refractivity contribution < 1.29 is 0 Å². The number of aryl methyl sites for hydroxylation is 1. The number of hydrogen-bond acceptors (Lipinski definition) is 5. The third kappa shape index (κ3) is 4.02. The summed E-state index contributed by atoms with van der Waals surface area (Å²) < 4.78 is 1.65. The molecule has 6 heteroatoms. The fourth-order valence-corrected chi connectivity index (χ4v) is 2.07. The van der Waals surface area contributed by atoms with Gasteiger partial charge in [0.05, 0.1) is 6.07 Å². The lowest BCUT2D eigenvalue weighted by atomic mass is 9.88. The first kappa shape index (κ1) is 15.0. The van der Waals surface area contributed by atoms with E-state index in [0.29, 0.717) is 6.42 Å². The Morgan fingerprint density at radius 2 is 2.19 bits per heavy atom. The van der Waals surface area contributed by atoms with Gasteiger partial charge in [-0.15, -0.1) is 5.10 Å². The molecule has 0 bridgehead atoms. The number of nitrogens with one attached hydrogen (secondary N) is 1. The Hall–Kier alpha value is -2.42. The summed E-state index contributed by atoms with van der Waals surface area (Å²) >= 11 is 0. The number of tetrazole rings is 1. The largest absolute Gasteiger partial charge is 0.384 e. The maximum atomic E-state index is 8.69. The van der Waals surface area contributed by atoms with Crippen LogP contribution in [0.25, 0.3) is 11.4 Å². The molecule has 0 radical (unpaired) electrons. The molecule has 2 rings (SSSR count). The zero-order valence-corrected chi connectivity index (χ0v) is 12.7. The van der Waals surface area contributed by atoms with Crippen molar-refractivity contribution in [2.75, 3.05) is 11.9 Å². The third-order valence-corrected chi connectivity index (χ3v) is 3.43. The van der Waals surface area contributed by atoms with Gasteiger partial charge in [0.15, 0.2) is 5.82 Å². The molecule has 6 nitrogen and oxygen atoms in total. The van der Waals surface area contributed by atoms with Gasteiger partial charge in [-0.1, -0.05) is 26.0 Å². The van der Waals surface area contributed by atoms with E-state index < -0.39 is 0 Å². The molecule has 1 heterocycles. The van der Waals surface area contributed by atoms with Gasteiger partial charge in [0.25, 0.3) is 0 Å². The van der Waals surface area contributed by atoms with E-state index in [-0.39, 0.29) is 5.41 Å². The fourth-order valence-electron chi connectivity index (χ4n) is 2.07. The Morgan fingerprint density at radius 3 is 2.86 bits per heavy atom. The average molecular weight is 284 g/mol. The first-order valence-electron chi connectivity index (χ1n) is 6.95. The van der Waals surface area contributed by atoms with Crippen LogP contribution in [-0.4, -0.2) is 26.8 Å². The van der Waals surface area contributed by atoms with Gasteiger partial charge in [-0.3, -0.25) is 0 Å². The van der Waals surface area contributed by atoms with Crippen LogP contribution in [-0.2, 0) is 7.05 Å². The molecule has 2 aromatic rings. The Kier molecular flexibility index (Phi) is 4.53. The van der Waals surface area contributed by atoms with Crippen molar-refractivity contribution in [2.24, 2.45) is 12.5 Å². The molecule has 0 atom stereocenters. The molecule has 1 aromatic carbocycles. The summed E-state index contributed by atoms with van der Waals surface area (Å²) in [7, 11) is 1.82.